The van der Waals surface area contributed by atoms with Crippen molar-refractivity contribution >= 4 is 56.0 Å². The van der Waals surface area contributed by atoms with Gasteiger partial charge in [-0.05, 0) is 61.0 Å². The minimum atomic E-state index is -1.39. The van der Waals surface area contributed by atoms with Gasteiger partial charge in [0.05, 0.1) is 33.8 Å². The molecule has 0 unspecified atom stereocenters. The highest BCUT2D eigenvalue weighted by Gasteiger charge is 2.49. The number of fused-ring (bicyclic) bond motifs is 1. The smallest absolute Gasteiger partial charge is 0.410 e. The van der Waals surface area contributed by atoms with Crippen molar-refractivity contribution in [3.05, 3.63) is 56.4 Å². The van der Waals surface area contributed by atoms with Crippen molar-refractivity contribution in [2.45, 2.75) is 32.0 Å². The molecule has 1 amide bonds. The van der Waals surface area contributed by atoms with Gasteiger partial charge < -0.3 is 20.5 Å². The Hall–Kier alpha value is -2.69. The Kier molecular flexibility index (Phi) is 5.90. The van der Waals surface area contributed by atoms with Crippen LogP contribution >= 0.6 is 27.5 Å². The summed E-state index contributed by atoms with van der Waals surface area (Å²) < 4.78 is 20.9. The van der Waals surface area contributed by atoms with E-state index in [0.29, 0.717) is 21.1 Å². The van der Waals surface area contributed by atoms with Crippen molar-refractivity contribution in [3.8, 4) is 0 Å². The maximum Gasteiger partial charge on any atom is 0.410 e. The number of β-amino-alcohol motifs (C(OH)–C–C–N with tert-alkyl or cyclic N) is 1. The van der Waals surface area contributed by atoms with Crippen molar-refractivity contribution < 1.29 is 23.8 Å². The van der Waals surface area contributed by atoms with Crippen LogP contribution in [0, 0.1) is 5.82 Å². The quantitative estimate of drug-likeness (QED) is 0.368. The number of likely N-dealkylation sites (tertiary alicyclic amines) is 1. The van der Waals surface area contributed by atoms with Crippen molar-refractivity contribution in [3.63, 3.8) is 0 Å². The third kappa shape index (κ3) is 4.14. The van der Waals surface area contributed by atoms with Crippen LogP contribution in [0.5, 0.6) is 0 Å². The number of aryl methyl sites for hydroxylation is 1. The number of rotatable bonds is 3. The van der Waals surface area contributed by atoms with Crippen LogP contribution in [0.1, 0.15) is 42.4 Å². The fourth-order valence-corrected chi connectivity index (χ4v) is 5.00. The second-order valence-corrected chi connectivity index (χ2v) is 10.5. The topological polar surface area (TPSA) is 111 Å². The zero-order chi connectivity index (χ0) is 25.2. The zero-order valence-corrected chi connectivity index (χ0v) is 21.3. The predicted octanol–water partition coefficient (Wildman–Crippen LogP) is 4.38. The van der Waals surface area contributed by atoms with E-state index in [-0.39, 0.29) is 34.9 Å². The third-order valence-electron chi connectivity index (χ3n) is 5.50. The Labute approximate surface area is 208 Å². The first kappa shape index (κ1) is 24.4. The minimum absolute atomic E-state index is 0.00759. The van der Waals surface area contributed by atoms with E-state index in [2.05, 4.69) is 21.0 Å². The molecule has 2 aromatic carbocycles. The number of amides is 1. The van der Waals surface area contributed by atoms with Crippen LogP contribution in [0.2, 0.25) is 5.02 Å². The summed E-state index contributed by atoms with van der Waals surface area (Å²) in [6, 6.07) is 5.05. The lowest BCUT2D eigenvalue weighted by molar-refractivity contribution is -0.107. The number of aliphatic hydroxyl groups is 1. The highest BCUT2D eigenvalue weighted by molar-refractivity contribution is 9.10. The van der Waals surface area contributed by atoms with E-state index in [0.717, 1.165) is 12.1 Å². The fraction of sp³-hybridized carbons (Fsp3) is 0.348. The van der Waals surface area contributed by atoms with Gasteiger partial charge in [-0.1, -0.05) is 11.6 Å². The molecule has 0 aliphatic carbocycles. The fourth-order valence-electron chi connectivity index (χ4n) is 4.09. The number of aromatic nitrogens is 2. The lowest BCUT2D eigenvalue weighted by atomic mass is 9.88. The van der Waals surface area contributed by atoms with Gasteiger partial charge in [0.2, 0.25) is 0 Å². The Morgan fingerprint density at radius 2 is 1.94 bits per heavy atom. The van der Waals surface area contributed by atoms with Gasteiger partial charge in [-0.25, -0.2) is 9.18 Å². The number of ketones is 1. The van der Waals surface area contributed by atoms with Crippen LogP contribution in [0.3, 0.4) is 0 Å². The van der Waals surface area contributed by atoms with Gasteiger partial charge in [-0.3, -0.25) is 9.48 Å². The summed E-state index contributed by atoms with van der Waals surface area (Å²) in [4.78, 5) is 26.9. The molecule has 1 aliphatic heterocycles. The molecule has 3 aromatic rings. The number of ether oxygens (including phenoxy) is 1. The first-order valence-corrected chi connectivity index (χ1v) is 11.5. The predicted molar refractivity (Wildman–Crippen MR) is 129 cm³/mol. The van der Waals surface area contributed by atoms with E-state index in [9.17, 15) is 19.1 Å². The molecule has 1 fully saturated rings. The van der Waals surface area contributed by atoms with Gasteiger partial charge in [-0.15, -0.1) is 0 Å². The summed E-state index contributed by atoms with van der Waals surface area (Å²) in [5.74, 6) is -1.17. The average molecular weight is 554 g/mol. The summed E-state index contributed by atoms with van der Waals surface area (Å²) in [6.45, 7) is 5.31. The molecule has 34 heavy (non-hydrogen) atoms. The highest BCUT2D eigenvalue weighted by atomic mass is 79.9. The lowest BCUT2D eigenvalue weighted by Gasteiger charge is -2.46. The van der Waals surface area contributed by atoms with E-state index in [4.69, 9.17) is 22.1 Å². The van der Waals surface area contributed by atoms with Gasteiger partial charge in [-0.2, -0.15) is 5.10 Å². The van der Waals surface area contributed by atoms with Crippen molar-refractivity contribution in [2.24, 2.45) is 7.05 Å². The van der Waals surface area contributed by atoms with Crippen LogP contribution in [0.25, 0.3) is 10.9 Å². The number of hydrogen-bond acceptors (Lipinski definition) is 6. The highest BCUT2D eigenvalue weighted by Crippen LogP contribution is 2.41. The standard InChI is InChI=1S/C23H23BrClFN4O4/c1-22(2,3)34-21(32)30-9-23(33,10-30)20-13-8-15(27)16(17(24)18(13)28-29(20)4)19(31)12-7-11(26)5-6-14(12)25/h5-8,33H,9-10,27H2,1-4H3. The van der Waals surface area contributed by atoms with E-state index in [1.54, 1.807) is 27.8 Å². The molecule has 0 atom stereocenters. The van der Waals surface area contributed by atoms with Crippen LogP contribution in [0.4, 0.5) is 14.9 Å². The van der Waals surface area contributed by atoms with E-state index in [1.807, 2.05) is 0 Å². The summed E-state index contributed by atoms with van der Waals surface area (Å²) in [7, 11) is 1.65. The molecule has 4 rings (SSSR count). The van der Waals surface area contributed by atoms with E-state index in [1.165, 1.54) is 21.7 Å². The number of anilines is 1. The maximum atomic E-state index is 13.8. The Morgan fingerprint density at radius 3 is 2.56 bits per heavy atom. The Bertz CT molecular complexity index is 1350. The molecule has 3 N–H and O–H groups in total. The monoisotopic (exact) mass is 552 g/mol. The second-order valence-electron chi connectivity index (χ2n) is 9.34. The largest absolute Gasteiger partial charge is 0.444 e. The number of carbonyl (C=O) groups excluding carboxylic acids is 2. The molecule has 8 nitrogen and oxygen atoms in total. The summed E-state index contributed by atoms with van der Waals surface area (Å²) in [6.07, 6.45) is -0.524. The second kappa shape index (κ2) is 8.21. The van der Waals surface area contributed by atoms with Crippen LogP contribution < -0.4 is 5.73 Å². The summed E-state index contributed by atoms with van der Waals surface area (Å²) in [5, 5.41) is 16.4. The number of nitrogens with zero attached hydrogens (tertiary/aromatic N) is 3. The van der Waals surface area contributed by atoms with Crippen LogP contribution in [-0.4, -0.2) is 50.4 Å². The van der Waals surface area contributed by atoms with Crippen LogP contribution in [0.15, 0.2) is 28.7 Å². The molecule has 1 aromatic heterocycles. The SMILES string of the molecule is Cn1nc2c(Br)c(C(=O)c3cc(F)ccc3Cl)c(N)cc2c1C1(O)CN(C(=O)OC(C)(C)C)C1. The molecule has 0 spiro atoms. The minimum Gasteiger partial charge on any atom is -0.444 e. The van der Waals surface area contributed by atoms with Gasteiger partial charge in [0, 0.05) is 23.7 Å². The van der Waals surface area contributed by atoms with Gasteiger partial charge in [0.15, 0.2) is 5.78 Å². The molecule has 0 radical (unpaired) electrons. The molecule has 2 heterocycles. The van der Waals surface area contributed by atoms with Gasteiger partial charge >= 0.3 is 6.09 Å². The van der Waals surface area contributed by atoms with Crippen molar-refractivity contribution in [2.75, 3.05) is 18.8 Å². The number of benzene rings is 2. The molecular formula is C23H23BrClFN4O4. The number of nitrogen functional groups attached to an aromatic ring is 1. The van der Waals surface area contributed by atoms with Crippen LogP contribution in [-0.2, 0) is 17.4 Å². The molecule has 0 bridgehead atoms. The van der Waals surface area contributed by atoms with E-state index < -0.39 is 28.9 Å². The molecule has 180 valence electrons. The first-order chi connectivity index (χ1) is 15.7. The number of carbonyl (C=O) groups is 2. The van der Waals surface area contributed by atoms with Crippen molar-refractivity contribution in [1.82, 2.24) is 14.7 Å². The number of hydrogen-bond donors (Lipinski definition) is 2. The molecule has 11 heteroatoms. The summed E-state index contributed by atoms with van der Waals surface area (Å²) >= 11 is 9.54. The average Bonchev–Trinajstić information content (AvgIpc) is 3.02. The summed E-state index contributed by atoms with van der Waals surface area (Å²) in [5.41, 5.74) is 5.19. The molecule has 0 saturated carbocycles. The van der Waals surface area contributed by atoms with Gasteiger partial charge in [0.1, 0.15) is 22.5 Å². The molecule has 1 aliphatic rings. The zero-order valence-electron chi connectivity index (χ0n) is 18.9. The van der Waals surface area contributed by atoms with E-state index >= 15 is 0 Å². The molecule has 1 saturated heterocycles. The number of halogens is 3. The lowest BCUT2D eigenvalue weighted by Crippen LogP contribution is -2.62. The maximum absolute atomic E-state index is 13.8. The Morgan fingerprint density at radius 1 is 1.29 bits per heavy atom. The molecular weight excluding hydrogens is 531 g/mol. The third-order valence-corrected chi connectivity index (χ3v) is 6.60. The number of nitrogens with two attached hydrogens (primary N) is 1. The first-order valence-electron chi connectivity index (χ1n) is 10.4. The normalized spacial score (nSPS) is 15.4. The van der Waals surface area contributed by atoms with Crippen molar-refractivity contribution in [1.29, 1.82) is 0 Å². The Balaban J connectivity index is 1.73. The van der Waals surface area contributed by atoms with Gasteiger partial charge in [0.25, 0.3) is 0 Å².